The van der Waals surface area contributed by atoms with E-state index in [1.54, 1.807) is 6.08 Å². The topological polar surface area (TPSA) is 103 Å². The van der Waals surface area contributed by atoms with Crippen LogP contribution in [0.2, 0.25) is 0 Å². The summed E-state index contributed by atoms with van der Waals surface area (Å²) in [7, 11) is 0. The standard InChI is InChI=1S/C18H28N2O5/c1-2-3-4-5-6-8-12-17(19(22)23)14-11-15-18(20(24)25)13-9-7-10-16-21/h6,8,14-16H,2-5,7,9-13H2,1H3/b8-6-,17-14+,18-15+. The van der Waals surface area contributed by atoms with E-state index in [4.69, 9.17) is 0 Å². The van der Waals surface area contributed by atoms with Gasteiger partial charge in [0.1, 0.15) is 6.29 Å². The van der Waals surface area contributed by atoms with Crippen LogP contribution in [-0.4, -0.2) is 16.1 Å². The number of nitrogens with zero attached hydrogens (tertiary/aromatic N) is 2. The molecule has 0 saturated heterocycles. The summed E-state index contributed by atoms with van der Waals surface area (Å²) in [5, 5.41) is 22.0. The monoisotopic (exact) mass is 352 g/mol. The van der Waals surface area contributed by atoms with E-state index < -0.39 is 9.85 Å². The zero-order valence-corrected chi connectivity index (χ0v) is 14.9. The van der Waals surface area contributed by atoms with E-state index in [1.807, 2.05) is 6.08 Å². The molecule has 0 aliphatic rings. The molecule has 0 saturated carbocycles. The van der Waals surface area contributed by atoms with Gasteiger partial charge in [0.15, 0.2) is 0 Å². The van der Waals surface area contributed by atoms with Gasteiger partial charge in [0.05, 0.1) is 16.3 Å². The van der Waals surface area contributed by atoms with Crippen LogP contribution in [0.15, 0.2) is 35.7 Å². The van der Waals surface area contributed by atoms with Crippen LogP contribution >= 0.6 is 0 Å². The minimum Gasteiger partial charge on any atom is -0.303 e. The number of allylic oxidation sites excluding steroid dienone is 5. The van der Waals surface area contributed by atoms with E-state index in [2.05, 4.69) is 6.92 Å². The van der Waals surface area contributed by atoms with Gasteiger partial charge in [0, 0.05) is 12.8 Å². The van der Waals surface area contributed by atoms with Crippen molar-refractivity contribution in [3.8, 4) is 0 Å². The largest absolute Gasteiger partial charge is 0.303 e. The van der Waals surface area contributed by atoms with Crippen molar-refractivity contribution < 1.29 is 14.6 Å². The molecule has 0 aliphatic heterocycles. The van der Waals surface area contributed by atoms with Gasteiger partial charge in [-0.2, -0.15) is 0 Å². The third-order valence-corrected chi connectivity index (χ3v) is 3.65. The molecule has 0 N–H and O–H groups in total. The highest BCUT2D eigenvalue weighted by Crippen LogP contribution is 2.12. The molecule has 25 heavy (non-hydrogen) atoms. The number of hydrogen-bond acceptors (Lipinski definition) is 5. The summed E-state index contributed by atoms with van der Waals surface area (Å²) in [5.41, 5.74) is 0.0894. The summed E-state index contributed by atoms with van der Waals surface area (Å²) in [6.45, 7) is 2.12. The molecule has 7 nitrogen and oxygen atoms in total. The Morgan fingerprint density at radius 2 is 1.52 bits per heavy atom. The summed E-state index contributed by atoms with van der Waals surface area (Å²) in [6.07, 6.45) is 13.8. The van der Waals surface area contributed by atoms with Gasteiger partial charge in [-0.1, -0.05) is 31.9 Å². The number of rotatable bonds is 15. The van der Waals surface area contributed by atoms with E-state index in [-0.39, 0.29) is 30.7 Å². The van der Waals surface area contributed by atoms with E-state index in [9.17, 15) is 25.0 Å². The van der Waals surface area contributed by atoms with E-state index >= 15 is 0 Å². The fourth-order valence-electron chi connectivity index (χ4n) is 2.20. The van der Waals surface area contributed by atoms with Crippen molar-refractivity contribution in [2.75, 3.05) is 0 Å². The van der Waals surface area contributed by atoms with Gasteiger partial charge in [-0.15, -0.1) is 0 Å². The quantitative estimate of drug-likeness (QED) is 0.136. The fourth-order valence-corrected chi connectivity index (χ4v) is 2.20. The molecule has 0 radical (unpaired) electrons. The normalized spacial score (nSPS) is 12.5. The lowest BCUT2D eigenvalue weighted by molar-refractivity contribution is -0.428. The van der Waals surface area contributed by atoms with E-state index in [0.717, 1.165) is 32.0 Å². The number of carbonyl (C=O) groups excluding carboxylic acids is 1. The third kappa shape index (κ3) is 12.7. The maximum atomic E-state index is 11.0. The van der Waals surface area contributed by atoms with Crippen molar-refractivity contribution in [3.63, 3.8) is 0 Å². The predicted molar refractivity (Wildman–Crippen MR) is 97.2 cm³/mol. The average Bonchev–Trinajstić information content (AvgIpc) is 2.57. The van der Waals surface area contributed by atoms with Crippen LogP contribution in [-0.2, 0) is 4.79 Å². The summed E-state index contributed by atoms with van der Waals surface area (Å²) in [5.74, 6) is 0. The molecule has 140 valence electrons. The second kappa shape index (κ2) is 15.2. The third-order valence-electron chi connectivity index (χ3n) is 3.65. The minimum atomic E-state index is -0.464. The molecule has 0 rings (SSSR count). The zero-order valence-electron chi connectivity index (χ0n) is 14.9. The average molecular weight is 352 g/mol. The van der Waals surface area contributed by atoms with Gasteiger partial charge in [0.25, 0.3) is 0 Å². The summed E-state index contributed by atoms with van der Waals surface area (Å²) < 4.78 is 0. The first kappa shape index (κ1) is 22.7. The lowest BCUT2D eigenvalue weighted by Gasteiger charge is -1.98. The summed E-state index contributed by atoms with van der Waals surface area (Å²) >= 11 is 0. The Morgan fingerprint density at radius 3 is 2.12 bits per heavy atom. The highest BCUT2D eigenvalue weighted by atomic mass is 16.6. The molecule has 0 bridgehead atoms. The van der Waals surface area contributed by atoms with Crippen LogP contribution in [0.3, 0.4) is 0 Å². The van der Waals surface area contributed by atoms with Gasteiger partial charge in [-0.3, -0.25) is 20.2 Å². The molecular weight excluding hydrogens is 324 g/mol. The van der Waals surface area contributed by atoms with Gasteiger partial charge in [-0.25, -0.2) is 0 Å². The van der Waals surface area contributed by atoms with Crippen LogP contribution in [0, 0.1) is 20.2 Å². The predicted octanol–water partition coefficient (Wildman–Crippen LogP) is 4.98. The molecule has 0 aliphatic carbocycles. The van der Waals surface area contributed by atoms with Crippen molar-refractivity contribution in [2.24, 2.45) is 0 Å². The molecule has 0 aromatic rings. The lowest BCUT2D eigenvalue weighted by atomic mass is 10.1. The lowest BCUT2D eigenvalue weighted by Crippen LogP contribution is -2.00. The highest BCUT2D eigenvalue weighted by molar-refractivity contribution is 5.48. The smallest absolute Gasteiger partial charge is 0.246 e. The Kier molecular flexibility index (Phi) is 13.8. The Balaban J connectivity index is 4.56. The van der Waals surface area contributed by atoms with Crippen LogP contribution in [0.1, 0.15) is 71.1 Å². The minimum absolute atomic E-state index is 0.0416. The first-order chi connectivity index (χ1) is 12.0. The number of unbranched alkanes of at least 4 members (excludes halogenated alkanes) is 5. The highest BCUT2D eigenvalue weighted by Gasteiger charge is 2.11. The molecule has 0 fully saturated rings. The van der Waals surface area contributed by atoms with Gasteiger partial charge in [-0.05, 0) is 44.3 Å². The number of aldehydes is 1. The zero-order chi connectivity index (χ0) is 18.9. The van der Waals surface area contributed by atoms with Crippen molar-refractivity contribution in [2.45, 2.75) is 71.1 Å². The number of hydrogen-bond donors (Lipinski definition) is 0. The van der Waals surface area contributed by atoms with Crippen LogP contribution in [0.5, 0.6) is 0 Å². The van der Waals surface area contributed by atoms with Crippen molar-refractivity contribution >= 4 is 6.29 Å². The van der Waals surface area contributed by atoms with Crippen LogP contribution in [0.4, 0.5) is 0 Å². The molecule has 0 atom stereocenters. The van der Waals surface area contributed by atoms with Crippen LogP contribution < -0.4 is 0 Å². The fraction of sp³-hybridized carbons (Fsp3) is 0.611. The van der Waals surface area contributed by atoms with Gasteiger partial charge >= 0.3 is 0 Å². The molecule has 7 heteroatoms. The van der Waals surface area contributed by atoms with Crippen molar-refractivity contribution in [3.05, 3.63) is 55.9 Å². The number of nitro groups is 2. The van der Waals surface area contributed by atoms with E-state index in [1.165, 1.54) is 12.2 Å². The van der Waals surface area contributed by atoms with Gasteiger partial charge < -0.3 is 4.79 Å². The first-order valence-corrected chi connectivity index (χ1v) is 8.78. The maximum Gasteiger partial charge on any atom is 0.246 e. The molecule has 0 spiro atoms. The molecule has 0 aromatic carbocycles. The van der Waals surface area contributed by atoms with Crippen molar-refractivity contribution in [1.29, 1.82) is 0 Å². The molecular formula is C18H28N2O5. The summed E-state index contributed by atoms with van der Waals surface area (Å²) in [6, 6.07) is 0. The molecule has 0 amide bonds. The Bertz CT molecular complexity index is 510. The van der Waals surface area contributed by atoms with E-state index in [0.29, 0.717) is 19.3 Å². The maximum absolute atomic E-state index is 11.0. The molecule has 0 aromatic heterocycles. The van der Waals surface area contributed by atoms with Crippen molar-refractivity contribution in [1.82, 2.24) is 0 Å². The molecule has 0 unspecified atom stereocenters. The SMILES string of the molecule is CCCCC/C=C\C/C(=C\C/C=C(\CCCCC=O)[N+](=O)[O-])[N+](=O)[O-]. The molecule has 0 heterocycles. The first-order valence-electron chi connectivity index (χ1n) is 8.78. The Morgan fingerprint density at radius 1 is 0.880 bits per heavy atom. The number of carbonyl (C=O) groups is 1. The Hall–Kier alpha value is -2.31. The van der Waals surface area contributed by atoms with Gasteiger partial charge in [0.2, 0.25) is 11.4 Å². The van der Waals surface area contributed by atoms with Crippen LogP contribution in [0.25, 0.3) is 0 Å². The second-order valence-corrected chi connectivity index (χ2v) is 5.72. The second-order valence-electron chi connectivity index (χ2n) is 5.72. The summed E-state index contributed by atoms with van der Waals surface area (Å²) in [4.78, 5) is 31.3. The Labute approximate surface area is 148 Å².